The van der Waals surface area contributed by atoms with Gasteiger partial charge in [-0.1, -0.05) is 6.07 Å². The number of amides is 1. The summed E-state index contributed by atoms with van der Waals surface area (Å²) in [6.45, 7) is 0.611. The van der Waals surface area contributed by atoms with Gasteiger partial charge < -0.3 is 9.64 Å². The first-order valence-corrected chi connectivity index (χ1v) is 7.66. The summed E-state index contributed by atoms with van der Waals surface area (Å²) in [6.07, 6.45) is 3.42. The first-order chi connectivity index (χ1) is 11.6. The molecular weight excluding hydrogens is 310 g/mol. The smallest absolute Gasteiger partial charge is 0.311 e. The normalized spacial score (nSPS) is 16.9. The Balaban J connectivity index is 1.91. The van der Waals surface area contributed by atoms with Gasteiger partial charge in [0.15, 0.2) is 5.75 Å². The third-order valence-electron chi connectivity index (χ3n) is 4.17. The minimum atomic E-state index is -0.546. The molecule has 0 unspecified atom stereocenters. The van der Waals surface area contributed by atoms with Crippen molar-refractivity contribution in [2.24, 2.45) is 0 Å². The molecule has 2 aromatic rings. The van der Waals surface area contributed by atoms with E-state index in [1.165, 1.54) is 19.2 Å². The van der Waals surface area contributed by atoms with Gasteiger partial charge in [0.25, 0.3) is 5.91 Å². The first kappa shape index (κ1) is 15.9. The highest BCUT2D eigenvalue weighted by atomic mass is 16.6. The van der Waals surface area contributed by atoms with E-state index in [0.29, 0.717) is 6.54 Å². The van der Waals surface area contributed by atoms with Gasteiger partial charge in [-0.15, -0.1) is 0 Å². The van der Waals surface area contributed by atoms with E-state index < -0.39 is 4.92 Å². The number of pyridine rings is 1. The molecule has 3 rings (SSSR count). The van der Waals surface area contributed by atoms with Crippen LogP contribution < -0.4 is 4.74 Å². The summed E-state index contributed by atoms with van der Waals surface area (Å²) >= 11 is 0. The Morgan fingerprint density at radius 1 is 1.38 bits per heavy atom. The number of carbonyl (C=O) groups is 1. The molecule has 7 nitrogen and oxygen atoms in total. The number of hydrogen-bond acceptors (Lipinski definition) is 5. The number of nitrogens with zero attached hydrogens (tertiary/aromatic N) is 3. The van der Waals surface area contributed by atoms with Crippen molar-refractivity contribution in [3.8, 4) is 5.75 Å². The van der Waals surface area contributed by atoms with Crippen molar-refractivity contribution >= 4 is 11.6 Å². The molecule has 24 heavy (non-hydrogen) atoms. The number of rotatable bonds is 4. The minimum absolute atomic E-state index is 0.0974. The van der Waals surface area contributed by atoms with Gasteiger partial charge in [-0.3, -0.25) is 19.9 Å². The molecule has 2 heterocycles. The second-order valence-corrected chi connectivity index (χ2v) is 5.55. The average Bonchev–Trinajstić information content (AvgIpc) is 3.11. The van der Waals surface area contributed by atoms with E-state index in [-0.39, 0.29) is 28.9 Å². The van der Waals surface area contributed by atoms with Crippen LogP contribution >= 0.6 is 0 Å². The Morgan fingerprint density at radius 3 is 2.88 bits per heavy atom. The van der Waals surface area contributed by atoms with Crippen LogP contribution in [0.2, 0.25) is 0 Å². The molecule has 1 fully saturated rings. The van der Waals surface area contributed by atoms with E-state index in [0.717, 1.165) is 18.5 Å². The number of aromatic nitrogens is 1. The summed E-state index contributed by atoms with van der Waals surface area (Å²) in [5.74, 6) is -0.0897. The van der Waals surface area contributed by atoms with E-state index in [9.17, 15) is 14.9 Å². The van der Waals surface area contributed by atoms with Gasteiger partial charge in [-0.05, 0) is 37.1 Å². The molecule has 0 bridgehead atoms. The van der Waals surface area contributed by atoms with Crippen LogP contribution in [0.5, 0.6) is 5.75 Å². The van der Waals surface area contributed by atoms with Crippen molar-refractivity contribution in [1.82, 2.24) is 9.88 Å². The number of nitro benzene ring substituents is 1. The number of likely N-dealkylation sites (tertiary alicyclic amines) is 1. The molecule has 1 aliphatic rings. The number of hydrogen-bond donors (Lipinski definition) is 0. The van der Waals surface area contributed by atoms with Crippen LogP contribution in [0.3, 0.4) is 0 Å². The van der Waals surface area contributed by atoms with Gasteiger partial charge in [0, 0.05) is 24.4 Å². The topological polar surface area (TPSA) is 85.6 Å². The molecule has 0 saturated carbocycles. The van der Waals surface area contributed by atoms with E-state index in [4.69, 9.17) is 4.74 Å². The minimum Gasteiger partial charge on any atom is -0.490 e. The van der Waals surface area contributed by atoms with E-state index >= 15 is 0 Å². The standard InChI is InChI=1S/C17H17N3O4/c1-24-16-8-7-12(11-15(16)20(22)23)17(21)19-10-4-6-14(19)13-5-2-3-9-18-13/h2-3,5,7-9,11,14H,4,6,10H2,1H3/t14-/m1/s1. The van der Waals surface area contributed by atoms with Gasteiger partial charge in [-0.25, -0.2) is 0 Å². The predicted molar refractivity (Wildman–Crippen MR) is 86.9 cm³/mol. The molecule has 0 aliphatic carbocycles. The van der Waals surface area contributed by atoms with Gasteiger partial charge in [0.1, 0.15) is 0 Å². The van der Waals surface area contributed by atoms with Crippen LogP contribution in [0, 0.1) is 10.1 Å². The second kappa shape index (κ2) is 6.66. The lowest BCUT2D eigenvalue weighted by molar-refractivity contribution is -0.385. The van der Waals surface area contributed by atoms with Gasteiger partial charge in [-0.2, -0.15) is 0 Å². The molecule has 0 N–H and O–H groups in total. The molecule has 1 amide bonds. The SMILES string of the molecule is COc1ccc(C(=O)N2CCC[C@@H]2c2ccccn2)cc1[N+](=O)[O-]. The van der Waals surface area contributed by atoms with E-state index in [1.807, 2.05) is 18.2 Å². The molecular formula is C17H17N3O4. The highest BCUT2D eigenvalue weighted by molar-refractivity contribution is 5.95. The molecule has 1 saturated heterocycles. The third kappa shape index (κ3) is 2.92. The quantitative estimate of drug-likeness (QED) is 0.636. The van der Waals surface area contributed by atoms with Crippen molar-refractivity contribution in [2.75, 3.05) is 13.7 Å². The molecule has 1 aromatic heterocycles. The molecule has 0 radical (unpaired) electrons. The van der Waals surface area contributed by atoms with Crippen LogP contribution in [0.25, 0.3) is 0 Å². The number of methoxy groups -OCH3 is 1. The molecule has 7 heteroatoms. The maximum absolute atomic E-state index is 12.8. The van der Waals surface area contributed by atoms with Crippen LogP contribution in [0.1, 0.15) is 34.9 Å². The lowest BCUT2D eigenvalue weighted by Crippen LogP contribution is -2.31. The fourth-order valence-electron chi connectivity index (χ4n) is 3.02. The fourth-order valence-corrected chi connectivity index (χ4v) is 3.02. The Morgan fingerprint density at radius 2 is 2.21 bits per heavy atom. The predicted octanol–water partition coefficient (Wildman–Crippen LogP) is 2.98. The zero-order chi connectivity index (χ0) is 17.1. The van der Waals surface area contributed by atoms with E-state index in [1.54, 1.807) is 17.2 Å². The summed E-state index contributed by atoms with van der Waals surface area (Å²) < 4.78 is 4.98. The largest absolute Gasteiger partial charge is 0.490 e. The Hall–Kier alpha value is -2.96. The molecule has 1 aromatic carbocycles. The summed E-state index contributed by atoms with van der Waals surface area (Å²) in [5.41, 5.74) is 0.911. The van der Waals surface area contributed by atoms with Gasteiger partial charge in [0.2, 0.25) is 0 Å². The van der Waals surface area contributed by atoms with Crippen molar-refractivity contribution in [1.29, 1.82) is 0 Å². The second-order valence-electron chi connectivity index (χ2n) is 5.55. The summed E-state index contributed by atoms with van der Waals surface area (Å²) in [7, 11) is 1.36. The molecule has 1 atom stereocenters. The number of ether oxygens (including phenoxy) is 1. The first-order valence-electron chi connectivity index (χ1n) is 7.66. The van der Waals surface area contributed by atoms with E-state index in [2.05, 4.69) is 4.98 Å². The monoisotopic (exact) mass is 327 g/mol. The zero-order valence-corrected chi connectivity index (χ0v) is 13.2. The van der Waals surface area contributed by atoms with Crippen molar-refractivity contribution in [3.63, 3.8) is 0 Å². The van der Waals surface area contributed by atoms with Crippen LogP contribution in [0.15, 0.2) is 42.6 Å². The van der Waals surface area contributed by atoms with Gasteiger partial charge >= 0.3 is 5.69 Å². The van der Waals surface area contributed by atoms with Gasteiger partial charge in [0.05, 0.1) is 23.8 Å². The Kier molecular flexibility index (Phi) is 4.41. The molecule has 0 spiro atoms. The van der Waals surface area contributed by atoms with Crippen LogP contribution in [-0.2, 0) is 0 Å². The van der Waals surface area contributed by atoms with Crippen molar-refractivity contribution in [2.45, 2.75) is 18.9 Å². The highest BCUT2D eigenvalue weighted by Gasteiger charge is 2.32. The summed E-state index contributed by atoms with van der Waals surface area (Å²) in [6, 6.07) is 9.81. The maximum Gasteiger partial charge on any atom is 0.311 e. The highest BCUT2D eigenvalue weighted by Crippen LogP contribution is 2.34. The number of benzene rings is 1. The Labute approximate surface area is 139 Å². The number of nitro groups is 1. The lowest BCUT2D eigenvalue weighted by atomic mass is 10.1. The van der Waals surface area contributed by atoms with Crippen molar-refractivity contribution < 1.29 is 14.5 Å². The number of carbonyl (C=O) groups excluding carboxylic acids is 1. The summed E-state index contributed by atoms with van der Waals surface area (Å²) in [5, 5.41) is 11.2. The van der Waals surface area contributed by atoms with Crippen LogP contribution in [0.4, 0.5) is 5.69 Å². The zero-order valence-electron chi connectivity index (χ0n) is 13.2. The Bertz CT molecular complexity index is 764. The maximum atomic E-state index is 12.8. The molecule has 1 aliphatic heterocycles. The summed E-state index contributed by atoms with van der Waals surface area (Å²) in [4.78, 5) is 29.5. The molecule has 124 valence electrons. The lowest BCUT2D eigenvalue weighted by Gasteiger charge is -2.24. The van der Waals surface area contributed by atoms with Crippen molar-refractivity contribution in [3.05, 3.63) is 64.0 Å². The average molecular weight is 327 g/mol. The third-order valence-corrected chi connectivity index (χ3v) is 4.17. The van der Waals surface area contributed by atoms with Crippen LogP contribution in [-0.4, -0.2) is 34.4 Å². The fraction of sp³-hybridized carbons (Fsp3) is 0.294.